The maximum Gasteiger partial charge on any atom is 0.414 e. The van der Waals surface area contributed by atoms with Crippen LogP contribution in [0.5, 0.6) is 5.75 Å². The molecular weight excluding hydrogens is 286 g/mol. The molecule has 1 aliphatic rings. The van der Waals surface area contributed by atoms with E-state index in [2.05, 4.69) is 15.9 Å². The van der Waals surface area contributed by atoms with Gasteiger partial charge in [-0.15, -0.1) is 0 Å². The van der Waals surface area contributed by atoms with Crippen LogP contribution in [0.2, 0.25) is 0 Å². The lowest BCUT2D eigenvalue weighted by Crippen LogP contribution is -2.33. The Morgan fingerprint density at radius 2 is 2.12 bits per heavy atom. The minimum absolute atomic E-state index is 0.242. The summed E-state index contributed by atoms with van der Waals surface area (Å²) in [7, 11) is 3.00. The molecule has 0 spiro atoms. The van der Waals surface area contributed by atoms with Crippen molar-refractivity contribution >= 4 is 27.7 Å². The van der Waals surface area contributed by atoms with Crippen molar-refractivity contribution in [3.8, 4) is 5.75 Å². The number of nitrogens with zero attached hydrogens (tertiary/aromatic N) is 1. The molecule has 0 radical (unpaired) electrons. The third-order valence-corrected chi connectivity index (χ3v) is 3.37. The molecule has 1 amide bonds. The van der Waals surface area contributed by atoms with Crippen LogP contribution >= 0.6 is 15.9 Å². The molecule has 0 aliphatic heterocycles. The van der Waals surface area contributed by atoms with Gasteiger partial charge in [-0.3, -0.25) is 4.90 Å². The number of hydrogen-bond donors (Lipinski definition) is 0. The summed E-state index contributed by atoms with van der Waals surface area (Å²) >= 11 is 3.45. The summed E-state index contributed by atoms with van der Waals surface area (Å²) in [5.41, 5.74) is 0.790. The Bertz CT molecular complexity index is 432. The Balaban J connectivity index is 2.37. The van der Waals surface area contributed by atoms with Crippen molar-refractivity contribution in [2.24, 2.45) is 0 Å². The molecule has 1 aromatic carbocycles. The lowest BCUT2D eigenvalue weighted by molar-refractivity contribution is 0.178. The van der Waals surface area contributed by atoms with Crippen LogP contribution in [0.25, 0.3) is 0 Å². The summed E-state index contributed by atoms with van der Waals surface area (Å²) in [6.07, 6.45) is 1.69. The first-order valence-corrected chi connectivity index (χ1v) is 6.17. The molecule has 0 N–H and O–H groups in total. The summed E-state index contributed by atoms with van der Waals surface area (Å²) < 4.78 is 10.9. The Morgan fingerprint density at radius 1 is 1.41 bits per heavy atom. The molecular formula is C12H14BrNO3. The van der Waals surface area contributed by atoms with Gasteiger partial charge in [-0.05, 0) is 40.9 Å². The molecule has 1 aliphatic carbocycles. The van der Waals surface area contributed by atoms with Crippen LogP contribution in [-0.2, 0) is 4.74 Å². The van der Waals surface area contributed by atoms with Gasteiger partial charge >= 0.3 is 6.09 Å². The van der Waals surface area contributed by atoms with Crippen molar-refractivity contribution < 1.29 is 14.3 Å². The Kier molecular flexibility index (Phi) is 3.57. The second kappa shape index (κ2) is 4.96. The van der Waals surface area contributed by atoms with E-state index in [1.165, 1.54) is 7.11 Å². The van der Waals surface area contributed by atoms with Gasteiger partial charge in [-0.1, -0.05) is 0 Å². The van der Waals surface area contributed by atoms with Gasteiger partial charge in [0.15, 0.2) is 0 Å². The monoisotopic (exact) mass is 299 g/mol. The minimum atomic E-state index is -0.332. The summed E-state index contributed by atoms with van der Waals surface area (Å²) in [4.78, 5) is 13.5. The Hall–Kier alpha value is -1.23. The SMILES string of the molecule is COC(=O)N(c1cc(OC)ccc1Br)C1CC1. The van der Waals surface area contributed by atoms with Crippen LogP contribution in [0.15, 0.2) is 22.7 Å². The van der Waals surface area contributed by atoms with Gasteiger partial charge in [-0.25, -0.2) is 4.79 Å². The molecule has 0 aromatic heterocycles. The number of hydrogen-bond acceptors (Lipinski definition) is 3. The molecule has 0 heterocycles. The van der Waals surface area contributed by atoms with Crippen molar-refractivity contribution in [2.45, 2.75) is 18.9 Å². The van der Waals surface area contributed by atoms with E-state index in [0.29, 0.717) is 0 Å². The largest absolute Gasteiger partial charge is 0.497 e. The number of carbonyl (C=O) groups excluding carboxylic acids is 1. The van der Waals surface area contributed by atoms with Crippen molar-refractivity contribution in [3.05, 3.63) is 22.7 Å². The van der Waals surface area contributed by atoms with Gasteiger partial charge in [0.1, 0.15) is 5.75 Å². The maximum absolute atomic E-state index is 11.8. The third-order valence-electron chi connectivity index (χ3n) is 2.70. The number of carbonyl (C=O) groups is 1. The lowest BCUT2D eigenvalue weighted by atomic mass is 10.2. The van der Waals surface area contributed by atoms with E-state index in [9.17, 15) is 4.79 Å². The highest BCUT2D eigenvalue weighted by atomic mass is 79.9. The lowest BCUT2D eigenvalue weighted by Gasteiger charge is -2.22. The van der Waals surface area contributed by atoms with E-state index >= 15 is 0 Å². The molecule has 0 atom stereocenters. The third kappa shape index (κ3) is 2.54. The first-order valence-electron chi connectivity index (χ1n) is 5.38. The van der Waals surface area contributed by atoms with Crippen LogP contribution in [0.3, 0.4) is 0 Å². The van der Waals surface area contributed by atoms with Crippen LogP contribution in [0, 0.1) is 0 Å². The molecule has 0 unspecified atom stereocenters. The molecule has 0 bridgehead atoms. The normalized spacial score (nSPS) is 14.3. The molecule has 5 heteroatoms. The number of rotatable bonds is 3. The zero-order chi connectivity index (χ0) is 12.4. The molecule has 1 saturated carbocycles. The number of anilines is 1. The molecule has 1 aromatic rings. The number of ether oxygens (including phenoxy) is 2. The summed E-state index contributed by atoms with van der Waals surface area (Å²) in [5, 5.41) is 0. The van der Waals surface area contributed by atoms with E-state index < -0.39 is 0 Å². The molecule has 2 rings (SSSR count). The predicted octanol–water partition coefficient (Wildman–Crippen LogP) is 3.19. The Morgan fingerprint density at radius 3 is 2.65 bits per heavy atom. The average Bonchev–Trinajstić information content (AvgIpc) is 3.16. The quantitative estimate of drug-likeness (QED) is 0.860. The molecule has 92 valence electrons. The van der Waals surface area contributed by atoms with Crippen LogP contribution in [-0.4, -0.2) is 26.4 Å². The topological polar surface area (TPSA) is 38.8 Å². The molecule has 0 saturated heterocycles. The number of benzene rings is 1. The van der Waals surface area contributed by atoms with Gasteiger partial charge in [0.2, 0.25) is 0 Å². The minimum Gasteiger partial charge on any atom is -0.497 e. The fourth-order valence-corrected chi connectivity index (χ4v) is 2.12. The maximum atomic E-state index is 11.8. The van der Waals surface area contributed by atoms with E-state index in [0.717, 1.165) is 28.8 Å². The van der Waals surface area contributed by atoms with Crippen LogP contribution in [0.1, 0.15) is 12.8 Å². The smallest absolute Gasteiger partial charge is 0.414 e. The molecule has 17 heavy (non-hydrogen) atoms. The van der Waals surface area contributed by atoms with Gasteiger partial charge in [-0.2, -0.15) is 0 Å². The molecule has 1 fully saturated rings. The first-order chi connectivity index (χ1) is 8.17. The van der Waals surface area contributed by atoms with Crippen LogP contribution in [0.4, 0.5) is 10.5 Å². The Labute approximate surface area is 109 Å². The van der Waals surface area contributed by atoms with Crippen molar-refractivity contribution in [1.29, 1.82) is 0 Å². The van der Waals surface area contributed by atoms with Gasteiger partial charge < -0.3 is 9.47 Å². The predicted molar refractivity (Wildman–Crippen MR) is 68.6 cm³/mol. The first kappa shape index (κ1) is 12.2. The highest BCUT2D eigenvalue weighted by molar-refractivity contribution is 9.10. The second-order valence-electron chi connectivity index (χ2n) is 3.89. The van der Waals surface area contributed by atoms with Crippen LogP contribution < -0.4 is 9.64 Å². The van der Waals surface area contributed by atoms with E-state index in [1.807, 2.05) is 18.2 Å². The number of amides is 1. The van der Waals surface area contributed by atoms with E-state index in [4.69, 9.17) is 9.47 Å². The number of methoxy groups -OCH3 is 2. The van der Waals surface area contributed by atoms with Gasteiger partial charge in [0.25, 0.3) is 0 Å². The van der Waals surface area contributed by atoms with Gasteiger partial charge in [0, 0.05) is 16.6 Å². The highest BCUT2D eigenvalue weighted by Crippen LogP contribution is 2.38. The zero-order valence-corrected chi connectivity index (χ0v) is 11.4. The zero-order valence-electron chi connectivity index (χ0n) is 9.77. The fourth-order valence-electron chi connectivity index (χ4n) is 1.68. The van der Waals surface area contributed by atoms with Gasteiger partial charge in [0.05, 0.1) is 19.9 Å². The fraction of sp³-hybridized carbons (Fsp3) is 0.417. The van der Waals surface area contributed by atoms with E-state index in [-0.39, 0.29) is 12.1 Å². The summed E-state index contributed by atoms with van der Waals surface area (Å²) in [5.74, 6) is 0.720. The highest BCUT2D eigenvalue weighted by Gasteiger charge is 2.35. The standard InChI is InChI=1S/C12H14BrNO3/c1-16-9-5-6-10(13)11(7-9)14(8-3-4-8)12(15)17-2/h5-8H,3-4H2,1-2H3. The van der Waals surface area contributed by atoms with Crippen molar-refractivity contribution in [2.75, 3.05) is 19.1 Å². The summed E-state index contributed by atoms with van der Waals surface area (Å²) in [6, 6.07) is 5.78. The second-order valence-corrected chi connectivity index (χ2v) is 4.74. The van der Waals surface area contributed by atoms with E-state index in [1.54, 1.807) is 12.0 Å². The number of halogens is 1. The average molecular weight is 300 g/mol. The van der Waals surface area contributed by atoms with Crippen molar-refractivity contribution in [1.82, 2.24) is 0 Å². The van der Waals surface area contributed by atoms with Crippen molar-refractivity contribution in [3.63, 3.8) is 0 Å². The summed E-state index contributed by atoms with van der Waals surface area (Å²) in [6.45, 7) is 0. The molecule has 4 nitrogen and oxygen atoms in total.